The van der Waals surface area contributed by atoms with Gasteiger partial charge in [0.25, 0.3) is 0 Å². The largest absolute Gasteiger partial charge is 0.507 e. The number of aromatic hydroxyl groups is 1. The highest BCUT2D eigenvalue weighted by Gasteiger charge is 2.28. The molecule has 2 aromatic rings. The van der Waals surface area contributed by atoms with E-state index in [-0.39, 0.29) is 17.6 Å². The van der Waals surface area contributed by atoms with Crippen LogP contribution in [-0.4, -0.2) is 35.9 Å². The Labute approximate surface area is 190 Å². The number of benzene rings is 2. The lowest BCUT2D eigenvalue weighted by Crippen LogP contribution is -2.45. The first kappa shape index (κ1) is 25.2. The summed E-state index contributed by atoms with van der Waals surface area (Å²) in [5.41, 5.74) is 3.18. The first-order valence-corrected chi connectivity index (χ1v) is 10.7. The molecule has 0 fully saturated rings. The molecule has 6 heteroatoms. The Morgan fingerprint density at radius 3 is 2.12 bits per heavy atom. The van der Waals surface area contributed by atoms with Crippen molar-refractivity contribution < 1.29 is 24.2 Å². The third-order valence-corrected chi connectivity index (χ3v) is 4.96. The smallest absolute Gasteiger partial charge is 0.408 e. The SMILES string of the molecule is COC(=O)C(Cc1cc(-c2ccc(C)cc2)c(O)c(C(C)(C)C)c1)NC(=O)OC(C)(C)C. The first-order valence-electron chi connectivity index (χ1n) is 10.7. The van der Waals surface area contributed by atoms with Crippen molar-refractivity contribution in [1.82, 2.24) is 5.32 Å². The van der Waals surface area contributed by atoms with Crippen molar-refractivity contribution in [3.63, 3.8) is 0 Å². The zero-order valence-corrected chi connectivity index (χ0v) is 20.3. The van der Waals surface area contributed by atoms with Crippen LogP contribution in [0.1, 0.15) is 58.2 Å². The van der Waals surface area contributed by atoms with E-state index in [0.717, 1.165) is 22.3 Å². The van der Waals surface area contributed by atoms with E-state index < -0.39 is 23.7 Å². The summed E-state index contributed by atoms with van der Waals surface area (Å²) in [6, 6.07) is 10.7. The molecule has 174 valence electrons. The number of amides is 1. The first-order chi connectivity index (χ1) is 14.7. The molecule has 0 saturated carbocycles. The van der Waals surface area contributed by atoms with Crippen LogP contribution in [0.5, 0.6) is 5.75 Å². The van der Waals surface area contributed by atoms with Crippen LogP contribution in [-0.2, 0) is 26.1 Å². The minimum absolute atomic E-state index is 0.189. The molecule has 2 rings (SSSR count). The Hall–Kier alpha value is -3.02. The number of rotatable bonds is 5. The van der Waals surface area contributed by atoms with E-state index in [1.165, 1.54) is 7.11 Å². The van der Waals surface area contributed by atoms with Gasteiger partial charge in [0.1, 0.15) is 17.4 Å². The molecule has 0 aliphatic rings. The fraction of sp³-hybridized carbons (Fsp3) is 0.462. The second-order valence-electron chi connectivity index (χ2n) is 10.1. The van der Waals surface area contributed by atoms with Gasteiger partial charge in [-0.2, -0.15) is 0 Å². The minimum Gasteiger partial charge on any atom is -0.507 e. The van der Waals surface area contributed by atoms with Crippen molar-refractivity contribution in [2.75, 3.05) is 7.11 Å². The number of nitrogens with one attached hydrogen (secondary N) is 1. The van der Waals surface area contributed by atoms with Crippen LogP contribution in [0.3, 0.4) is 0 Å². The van der Waals surface area contributed by atoms with Gasteiger partial charge in [0.2, 0.25) is 0 Å². The lowest BCUT2D eigenvalue weighted by Gasteiger charge is -2.25. The molecule has 0 aliphatic carbocycles. The maximum atomic E-state index is 12.4. The zero-order chi connectivity index (χ0) is 24.3. The molecule has 1 amide bonds. The van der Waals surface area contributed by atoms with Crippen LogP contribution in [0.15, 0.2) is 36.4 Å². The summed E-state index contributed by atoms with van der Waals surface area (Å²) < 4.78 is 10.2. The van der Waals surface area contributed by atoms with Crippen molar-refractivity contribution in [2.24, 2.45) is 0 Å². The third kappa shape index (κ3) is 6.74. The quantitative estimate of drug-likeness (QED) is 0.617. The molecule has 1 atom stereocenters. The van der Waals surface area contributed by atoms with E-state index in [4.69, 9.17) is 9.47 Å². The van der Waals surface area contributed by atoms with Gasteiger partial charge in [0, 0.05) is 17.5 Å². The van der Waals surface area contributed by atoms with E-state index in [1.807, 2.05) is 64.1 Å². The summed E-state index contributed by atoms with van der Waals surface area (Å²) in [4.78, 5) is 24.7. The fourth-order valence-electron chi connectivity index (χ4n) is 3.36. The fourth-order valence-corrected chi connectivity index (χ4v) is 3.36. The standard InChI is InChI=1S/C26H35NO5/c1-16-9-11-18(12-10-16)19-13-17(14-20(22(19)28)25(2,3)4)15-21(23(29)31-8)27-24(30)32-26(5,6)7/h9-14,21,28H,15H2,1-8H3,(H,27,30). The number of phenolic OH excluding ortho intramolecular Hbond substituents is 1. The van der Waals surface area contributed by atoms with Crippen LogP contribution in [0.2, 0.25) is 0 Å². The van der Waals surface area contributed by atoms with Gasteiger partial charge in [-0.25, -0.2) is 9.59 Å². The molecule has 0 bridgehead atoms. The topological polar surface area (TPSA) is 84.9 Å². The molecule has 2 N–H and O–H groups in total. The molecule has 0 aliphatic heterocycles. The number of aryl methyl sites for hydroxylation is 1. The van der Waals surface area contributed by atoms with E-state index in [0.29, 0.717) is 5.56 Å². The van der Waals surface area contributed by atoms with E-state index in [2.05, 4.69) is 5.32 Å². The highest BCUT2D eigenvalue weighted by Crippen LogP contribution is 2.40. The van der Waals surface area contributed by atoms with Crippen LogP contribution >= 0.6 is 0 Å². The number of phenols is 1. The van der Waals surface area contributed by atoms with Crippen LogP contribution < -0.4 is 5.32 Å². The second kappa shape index (κ2) is 9.63. The third-order valence-electron chi connectivity index (χ3n) is 4.96. The predicted molar refractivity (Wildman–Crippen MR) is 126 cm³/mol. The monoisotopic (exact) mass is 441 g/mol. The Bertz CT molecular complexity index is 965. The number of hydrogen-bond donors (Lipinski definition) is 2. The lowest BCUT2D eigenvalue weighted by atomic mass is 9.82. The summed E-state index contributed by atoms with van der Waals surface area (Å²) in [5, 5.41) is 13.7. The highest BCUT2D eigenvalue weighted by molar-refractivity contribution is 5.82. The zero-order valence-electron chi connectivity index (χ0n) is 20.3. The van der Waals surface area contributed by atoms with Gasteiger partial charge >= 0.3 is 12.1 Å². The molecule has 0 radical (unpaired) electrons. The summed E-state index contributed by atoms with van der Waals surface area (Å²) in [6.07, 6.45) is -0.504. The van der Waals surface area contributed by atoms with Crippen LogP contribution in [0, 0.1) is 6.92 Å². The van der Waals surface area contributed by atoms with E-state index in [9.17, 15) is 14.7 Å². The molecular formula is C26H35NO5. The number of methoxy groups -OCH3 is 1. The molecular weight excluding hydrogens is 406 g/mol. The van der Waals surface area contributed by atoms with Crippen LogP contribution in [0.25, 0.3) is 11.1 Å². The van der Waals surface area contributed by atoms with Crippen LogP contribution in [0.4, 0.5) is 4.79 Å². The minimum atomic E-state index is -0.932. The maximum Gasteiger partial charge on any atom is 0.408 e. The van der Waals surface area contributed by atoms with Crippen molar-refractivity contribution in [3.05, 3.63) is 53.1 Å². The average molecular weight is 442 g/mol. The summed E-state index contributed by atoms with van der Waals surface area (Å²) in [5.74, 6) is -0.363. The van der Waals surface area contributed by atoms with Gasteiger partial charge in [0.15, 0.2) is 0 Å². The number of hydrogen-bond acceptors (Lipinski definition) is 5. The van der Waals surface area contributed by atoms with Gasteiger partial charge in [0.05, 0.1) is 7.11 Å². The summed E-state index contributed by atoms with van der Waals surface area (Å²) >= 11 is 0. The number of esters is 1. The highest BCUT2D eigenvalue weighted by atomic mass is 16.6. The maximum absolute atomic E-state index is 12.4. The Morgan fingerprint density at radius 1 is 1.03 bits per heavy atom. The normalized spacial score (nSPS) is 12.8. The van der Waals surface area contributed by atoms with Crippen molar-refractivity contribution in [2.45, 2.75) is 71.9 Å². The van der Waals surface area contributed by atoms with Crippen molar-refractivity contribution in [3.8, 4) is 16.9 Å². The molecule has 6 nitrogen and oxygen atoms in total. The number of alkyl carbamates (subject to hydrolysis) is 1. The summed E-state index contributed by atoms with van der Waals surface area (Å²) in [6.45, 7) is 13.3. The Balaban J connectivity index is 2.49. The van der Waals surface area contributed by atoms with E-state index in [1.54, 1.807) is 20.8 Å². The van der Waals surface area contributed by atoms with Gasteiger partial charge < -0.3 is 19.9 Å². The molecule has 1 unspecified atom stereocenters. The molecule has 32 heavy (non-hydrogen) atoms. The number of ether oxygens (including phenoxy) is 2. The number of carbonyl (C=O) groups is 2. The van der Waals surface area contributed by atoms with Gasteiger partial charge in [-0.3, -0.25) is 0 Å². The molecule has 0 spiro atoms. The second-order valence-corrected chi connectivity index (χ2v) is 10.1. The number of carbonyl (C=O) groups excluding carboxylic acids is 2. The van der Waals surface area contributed by atoms with Crippen molar-refractivity contribution >= 4 is 12.1 Å². The predicted octanol–water partition coefficient (Wildman–Crippen LogP) is 5.27. The van der Waals surface area contributed by atoms with Gasteiger partial charge in [-0.15, -0.1) is 0 Å². The average Bonchev–Trinajstić information content (AvgIpc) is 2.66. The molecule has 0 saturated heterocycles. The molecule has 0 heterocycles. The lowest BCUT2D eigenvalue weighted by molar-refractivity contribution is -0.143. The Morgan fingerprint density at radius 2 is 1.62 bits per heavy atom. The Kier molecular flexibility index (Phi) is 7.60. The van der Waals surface area contributed by atoms with Gasteiger partial charge in [-0.05, 0) is 50.3 Å². The van der Waals surface area contributed by atoms with E-state index >= 15 is 0 Å². The molecule has 2 aromatic carbocycles. The molecule has 0 aromatic heterocycles. The summed E-state index contributed by atoms with van der Waals surface area (Å²) in [7, 11) is 1.28. The van der Waals surface area contributed by atoms with Crippen molar-refractivity contribution in [1.29, 1.82) is 0 Å². The van der Waals surface area contributed by atoms with Gasteiger partial charge in [-0.1, -0.05) is 56.7 Å².